The fraction of sp³-hybridized carbons (Fsp3) is 0.214. The smallest absolute Gasteiger partial charge is 0.300 e. The van der Waals surface area contributed by atoms with E-state index in [2.05, 4.69) is 0 Å². The standard InChI is InChI=1S/C28H27NO6/c1-5-35-23-15-19(11-13-22(23)34-4)25-24(26(31)18-9-6-16(2)7-10-18)27(32)28(33)29(25)20-14-17(3)8-12-21(20)30/h6-15,25,30-31H,5H2,1-4H3/b26-24-. The Labute approximate surface area is 203 Å². The van der Waals surface area contributed by atoms with Gasteiger partial charge in [0.1, 0.15) is 11.5 Å². The summed E-state index contributed by atoms with van der Waals surface area (Å²) in [6.07, 6.45) is 0. The molecule has 1 aliphatic rings. The zero-order valence-electron chi connectivity index (χ0n) is 20.0. The molecule has 0 radical (unpaired) electrons. The molecule has 1 aliphatic heterocycles. The lowest BCUT2D eigenvalue weighted by molar-refractivity contribution is -0.132. The molecule has 2 N–H and O–H groups in total. The van der Waals surface area contributed by atoms with Gasteiger partial charge in [-0.1, -0.05) is 42.0 Å². The molecule has 1 fully saturated rings. The Morgan fingerprint density at radius 3 is 2.29 bits per heavy atom. The summed E-state index contributed by atoms with van der Waals surface area (Å²) in [7, 11) is 1.52. The van der Waals surface area contributed by atoms with Crippen molar-refractivity contribution in [3.63, 3.8) is 0 Å². The Balaban J connectivity index is 1.99. The van der Waals surface area contributed by atoms with E-state index in [9.17, 15) is 19.8 Å². The molecule has 1 heterocycles. The third kappa shape index (κ3) is 4.33. The maximum atomic E-state index is 13.4. The van der Waals surface area contributed by atoms with Gasteiger partial charge >= 0.3 is 0 Å². The van der Waals surface area contributed by atoms with Crippen molar-refractivity contribution in [1.29, 1.82) is 0 Å². The summed E-state index contributed by atoms with van der Waals surface area (Å²) in [5, 5.41) is 21.9. The van der Waals surface area contributed by atoms with Gasteiger partial charge in [0.25, 0.3) is 11.7 Å². The van der Waals surface area contributed by atoms with Crippen LogP contribution in [0.2, 0.25) is 0 Å². The van der Waals surface area contributed by atoms with Crippen LogP contribution in [0.15, 0.2) is 66.2 Å². The molecule has 1 saturated heterocycles. The predicted octanol–water partition coefficient (Wildman–Crippen LogP) is 5.04. The van der Waals surface area contributed by atoms with Crippen LogP contribution >= 0.6 is 0 Å². The number of phenols is 1. The van der Waals surface area contributed by atoms with Gasteiger partial charge in [-0.2, -0.15) is 0 Å². The van der Waals surface area contributed by atoms with Crippen LogP contribution in [-0.4, -0.2) is 35.6 Å². The molecule has 7 heteroatoms. The molecule has 1 amide bonds. The van der Waals surface area contributed by atoms with Crippen molar-refractivity contribution in [3.05, 3.63) is 88.5 Å². The van der Waals surface area contributed by atoms with Gasteiger partial charge in [0.15, 0.2) is 11.5 Å². The second kappa shape index (κ2) is 9.54. The van der Waals surface area contributed by atoms with Gasteiger partial charge in [-0.25, -0.2) is 0 Å². The van der Waals surface area contributed by atoms with Crippen LogP contribution in [0.1, 0.15) is 35.2 Å². The van der Waals surface area contributed by atoms with Crippen LogP contribution in [-0.2, 0) is 9.59 Å². The number of amides is 1. The van der Waals surface area contributed by atoms with Crippen LogP contribution in [0.3, 0.4) is 0 Å². The monoisotopic (exact) mass is 473 g/mol. The SMILES string of the molecule is CCOc1cc(C2/C(=C(/O)c3ccc(C)cc3)C(=O)C(=O)N2c2cc(C)ccc2O)ccc1OC. The number of aryl methyl sites for hydroxylation is 2. The molecule has 0 bridgehead atoms. The van der Waals surface area contributed by atoms with Crippen molar-refractivity contribution in [1.82, 2.24) is 0 Å². The first-order valence-corrected chi connectivity index (χ1v) is 11.2. The summed E-state index contributed by atoms with van der Waals surface area (Å²) in [4.78, 5) is 27.9. The predicted molar refractivity (Wildman–Crippen MR) is 133 cm³/mol. The minimum absolute atomic E-state index is 0.0765. The van der Waals surface area contributed by atoms with Crippen molar-refractivity contribution in [2.24, 2.45) is 0 Å². The van der Waals surface area contributed by atoms with Gasteiger partial charge in [-0.15, -0.1) is 0 Å². The van der Waals surface area contributed by atoms with Gasteiger partial charge in [-0.05, 0) is 56.2 Å². The number of ketones is 1. The highest BCUT2D eigenvalue weighted by Gasteiger charge is 2.48. The number of Topliss-reactive ketones (excluding diaryl/α,β-unsaturated/α-hetero) is 1. The first-order valence-electron chi connectivity index (χ1n) is 11.2. The van der Waals surface area contributed by atoms with Crippen LogP contribution in [0, 0.1) is 13.8 Å². The van der Waals surface area contributed by atoms with E-state index >= 15 is 0 Å². The Kier molecular flexibility index (Phi) is 6.51. The number of phenolic OH excluding ortho intramolecular Hbond substituents is 1. The summed E-state index contributed by atoms with van der Waals surface area (Å²) < 4.78 is 11.1. The first kappa shape index (κ1) is 23.9. The highest BCUT2D eigenvalue weighted by molar-refractivity contribution is 6.52. The summed E-state index contributed by atoms with van der Waals surface area (Å²) >= 11 is 0. The number of benzene rings is 3. The van der Waals surface area contributed by atoms with Crippen LogP contribution in [0.5, 0.6) is 17.2 Å². The number of nitrogens with zero attached hydrogens (tertiary/aromatic N) is 1. The lowest BCUT2D eigenvalue weighted by Gasteiger charge is -2.27. The van der Waals surface area contributed by atoms with Gasteiger partial charge < -0.3 is 19.7 Å². The zero-order chi connectivity index (χ0) is 25.3. The quantitative estimate of drug-likeness (QED) is 0.296. The van der Waals surface area contributed by atoms with Gasteiger partial charge in [0.05, 0.1) is 31.0 Å². The largest absolute Gasteiger partial charge is 0.507 e. The fourth-order valence-electron chi connectivity index (χ4n) is 4.22. The third-order valence-electron chi connectivity index (χ3n) is 5.96. The molecule has 180 valence electrons. The molecule has 7 nitrogen and oxygen atoms in total. The summed E-state index contributed by atoms with van der Waals surface area (Å²) in [6, 6.07) is 15.9. The number of hydrogen-bond donors (Lipinski definition) is 2. The number of anilines is 1. The molecule has 0 aliphatic carbocycles. The Morgan fingerprint density at radius 1 is 0.943 bits per heavy atom. The second-order valence-corrected chi connectivity index (χ2v) is 8.37. The fourth-order valence-corrected chi connectivity index (χ4v) is 4.22. The maximum absolute atomic E-state index is 13.4. The van der Waals surface area contributed by atoms with Crippen molar-refractivity contribution in [2.45, 2.75) is 26.8 Å². The van der Waals surface area contributed by atoms with Gasteiger partial charge in [0.2, 0.25) is 0 Å². The summed E-state index contributed by atoms with van der Waals surface area (Å²) in [5.41, 5.74) is 2.80. The number of methoxy groups -OCH3 is 1. The van der Waals surface area contributed by atoms with E-state index < -0.39 is 17.7 Å². The number of hydrogen-bond acceptors (Lipinski definition) is 6. The molecular weight excluding hydrogens is 446 g/mol. The van der Waals surface area contributed by atoms with E-state index in [0.717, 1.165) is 11.1 Å². The number of rotatable bonds is 6. The highest BCUT2D eigenvalue weighted by Crippen LogP contribution is 2.46. The second-order valence-electron chi connectivity index (χ2n) is 8.37. The summed E-state index contributed by atoms with van der Waals surface area (Å²) in [5.74, 6) is -1.22. The highest BCUT2D eigenvalue weighted by atomic mass is 16.5. The van der Waals surface area contributed by atoms with Crippen LogP contribution in [0.25, 0.3) is 5.76 Å². The van der Waals surface area contributed by atoms with Gasteiger partial charge in [0, 0.05) is 5.56 Å². The number of aromatic hydroxyl groups is 1. The number of carbonyl (C=O) groups is 2. The number of aliphatic hydroxyl groups excluding tert-OH is 1. The minimum atomic E-state index is -1.01. The van der Waals surface area contributed by atoms with E-state index in [1.54, 1.807) is 42.5 Å². The molecule has 0 aromatic heterocycles. The number of ether oxygens (including phenoxy) is 2. The topological polar surface area (TPSA) is 96.3 Å². The van der Waals surface area contributed by atoms with Crippen molar-refractivity contribution in [3.8, 4) is 17.2 Å². The Morgan fingerprint density at radius 2 is 1.63 bits per heavy atom. The maximum Gasteiger partial charge on any atom is 0.300 e. The molecule has 3 aromatic carbocycles. The molecule has 4 rings (SSSR count). The van der Waals surface area contributed by atoms with E-state index in [-0.39, 0.29) is 22.8 Å². The van der Waals surface area contributed by atoms with E-state index in [1.807, 2.05) is 32.9 Å². The normalized spacial score (nSPS) is 17.0. The third-order valence-corrected chi connectivity index (χ3v) is 5.96. The van der Waals surface area contributed by atoms with Crippen LogP contribution < -0.4 is 14.4 Å². The number of aliphatic hydroxyl groups is 1. The Hall–Kier alpha value is -4.26. The number of carbonyl (C=O) groups excluding carboxylic acids is 2. The molecular formula is C28H27NO6. The van der Waals surface area contributed by atoms with Crippen molar-refractivity contribution >= 4 is 23.1 Å². The Bertz CT molecular complexity index is 1330. The molecule has 1 atom stereocenters. The lowest BCUT2D eigenvalue weighted by Crippen LogP contribution is -2.29. The van der Waals surface area contributed by atoms with Gasteiger partial charge in [-0.3, -0.25) is 14.5 Å². The van der Waals surface area contributed by atoms with Crippen LogP contribution in [0.4, 0.5) is 5.69 Å². The average molecular weight is 474 g/mol. The molecule has 0 spiro atoms. The first-order chi connectivity index (χ1) is 16.8. The molecule has 1 unspecified atom stereocenters. The van der Waals surface area contributed by atoms with E-state index in [1.165, 1.54) is 18.1 Å². The molecule has 35 heavy (non-hydrogen) atoms. The molecule has 3 aromatic rings. The van der Waals surface area contributed by atoms with Crippen molar-refractivity contribution < 1.29 is 29.3 Å². The van der Waals surface area contributed by atoms with E-state index in [0.29, 0.717) is 29.2 Å². The lowest BCUT2D eigenvalue weighted by atomic mass is 9.94. The average Bonchev–Trinajstić information content (AvgIpc) is 3.11. The molecule has 0 saturated carbocycles. The zero-order valence-corrected chi connectivity index (χ0v) is 20.0. The summed E-state index contributed by atoms with van der Waals surface area (Å²) in [6.45, 7) is 5.94. The van der Waals surface area contributed by atoms with E-state index in [4.69, 9.17) is 9.47 Å². The minimum Gasteiger partial charge on any atom is -0.507 e. The van der Waals surface area contributed by atoms with Crippen molar-refractivity contribution in [2.75, 3.05) is 18.6 Å².